The quantitative estimate of drug-likeness (QED) is 0.221. The number of aromatic amines is 1. The minimum absolute atomic E-state index is 0.0383. The smallest absolute Gasteiger partial charge is 0.349 e. The van der Waals surface area contributed by atoms with E-state index in [1.54, 1.807) is 42.5 Å². The maximum Gasteiger partial charge on any atom is 0.349 e. The monoisotopic (exact) mass is 514 g/mol. The second-order valence-corrected chi connectivity index (χ2v) is 8.02. The Kier molecular flexibility index (Phi) is 6.85. The lowest BCUT2D eigenvalue weighted by Gasteiger charge is -2.12. The molecule has 0 unspecified atom stereocenters. The first-order valence-electron chi connectivity index (χ1n) is 10.00. The highest BCUT2D eigenvalue weighted by Gasteiger charge is 2.22. The summed E-state index contributed by atoms with van der Waals surface area (Å²) in [5, 5.41) is 16.6. The van der Waals surface area contributed by atoms with E-state index in [2.05, 4.69) is 10.1 Å². The number of halogens is 2. The van der Waals surface area contributed by atoms with Gasteiger partial charge in [-0.3, -0.25) is 14.9 Å². The largest absolute Gasteiger partial charge is 0.493 e. The molecule has 0 amide bonds. The molecule has 0 aliphatic heterocycles. The van der Waals surface area contributed by atoms with Gasteiger partial charge >= 0.3 is 11.4 Å². The zero-order valence-corrected chi connectivity index (χ0v) is 19.5. The molecular formula is C23H16Cl2N4O6. The highest BCUT2D eigenvalue weighted by molar-refractivity contribution is 6.42. The van der Waals surface area contributed by atoms with Crippen LogP contribution in [0.5, 0.6) is 11.5 Å². The molecule has 0 spiro atoms. The highest BCUT2D eigenvalue weighted by atomic mass is 35.5. The summed E-state index contributed by atoms with van der Waals surface area (Å²) >= 11 is 11.9. The number of fused-ring (bicyclic) bond motifs is 1. The van der Waals surface area contributed by atoms with Crippen LogP contribution >= 0.6 is 23.2 Å². The Morgan fingerprint density at radius 2 is 1.89 bits per heavy atom. The number of ether oxygens (including phenoxy) is 2. The summed E-state index contributed by atoms with van der Waals surface area (Å²) < 4.78 is 11.6. The molecule has 0 aliphatic rings. The molecule has 0 bridgehead atoms. The Morgan fingerprint density at radius 3 is 2.60 bits per heavy atom. The number of hydrogen-bond acceptors (Lipinski definition) is 7. The molecule has 0 saturated heterocycles. The fraction of sp³-hybridized carbons (Fsp3) is 0.0870. The molecule has 1 heterocycles. The molecule has 4 aromatic rings. The number of para-hydroxylation sites is 1. The second kappa shape index (κ2) is 10.00. The van der Waals surface area contributed by atoms with Gasteiger partial charge < -0.3 is 14.5 Å². The van der Waals surface area contributed by atoms with E-state index in [0.717, 1.165) is 6.21 Å². The Bertz CT molecular complexity index is 1600. The average Bonchev–Trinajstić information content (AvgIpc) is 2.84. The fourth-order valence-electron chi connectivity index (χ4n) is 3.28. The van der Waals surface area contributed by atoms with Crippen molar-refractivity contribution in [1.29, 1.82) is 0 Å². The molecule has 0 fully saturated rings. The lowest BCUT2D eigenvalue weighted by molar-refractivity contribution is -0.386. The minimum atomic E-state index is -0.756. The van der Waals surface area contributed by atoms with Gasteiger partial charge in [-0.1, -0.05) is 41.4 Å². The van der Waals surface area contributed by atoms with Crippen LogP contribution in [-0.4, -0.2) is 27.9 Å². The predicted molar refractivity (Wildman–Crippen MR) is 132 cm³/mol. The maximum atomic E-state index is 12.6. The fourth-order valence-corrected chi connectivity index (χ4v) is 3.60. The number of benzene rings is 3. The molecule has 3 aromatic carbocycles. The van der Waals surface area contributed by atoms with Gasteiger partial charge in [0.25, 0.3) is 5.56 Å². The summed E-state index contributed by atoms with van der Waals surface area (Å²) in [6, 6.07) is 13.9. The van der Waals surface area contributed by atoms with Gasteiger partial charge in [-0.25, -0.2) is 4.79 Å². The highest BCUT2D eigenvalue weighted by Crippen LogP contribution is 2.38. The van der Waals surface area contributed by atoms with E-state index in [9.17, 15) is 19.7 Å². The molecule has 4 rings (SSSR count). The van der Waals surface area contributed by atoms with Crippen LogP contribution < -0.4 is 20.7 Å². The van der Waals surface area contributed by atoms with Gasteiger partial charge in [0.05, 0.1) is 39.2 Å². The van der Waals surface area contributed by atoms with Crippen molar-refractivity contribution in [2.45, 2.75) is 6.61 Å². The Balaban J connectivity index is 1.70. The first-order valence-corrected chi connectivity index (χ1v) is 10.8. The molecule has 10 nitrogen and oxygen atoms in total. The van der Waals surface area contributed by atoms with Crippen LogP contribution in [0.15, 0.2) is 69.3 Å². The number of nitro benzene ring substituents is 1. The standard InChI is InChI=1S/C23H16Cl2N4O6/c1-34-20-10-14(11-26-28-22(30)15-4-2-3-5-18(15)27-23(28)31)9-19(29(32)33)21(20)35-12-13-6-7-16(24)17(25)8-13/h2-11H,12H2,1H3,(H,27,31). The molecule has 12 heteroatoms. The Hall–Kier alpha value is -4.15. The second-order valence-electron chi connectivity index (χ2n) is 7.20. The molecule has 1 N–H and O–H groups in total. The van der Waals surface area contributed by atoms with E-state index < -0.39 is 21.9 Å². The van der Waals surface area contributed by atoms with Crippen molar-refractivity contribution in [2.75, 3.05) is 7.11 Å². The van der Waals surface area contributed by atoms with Gasteiger partial charge in [0, 0.05) is 11.6 Å². The number of nitro groups is 1. The van der Waals surface area contributed by atoms with Gasteiger partial charge in [-0.05, 0) is 35.9 Å². The molecule has 0 radical (unpaired) electrons. The number of hydrogen-bond donors (Lipinski definition) is 1. The third kappa shape index (κ3) is 5.03. The van der Waals surface area contributed by atoms with Crippen LogP contribution in [0, 0.1) is 10.1 Å². The van der Waals surface area contributed by atoms with Crippen molar-refractivity contribution in [3.63, 3.8) is 0 Å². The van der Waals surface area contributed by atoms with E-state index in [1.165, 1.54) is 19.2 Å². The molecular weight excluding hydrogens is 499 g/mol. The third-order valence-corrected chi connectivity index (χ3v) is 5.69. The van der Waals surface area contributed by atoms with Gasteiger partial charge in [0.15, 0.2) is 5.75 Å². The SMILES string of the molecule is COc1cc(C=Nn2c(=O)[nH]c3ccccc3c2=O)cc([N+](=O)[O-])c1OCc1ccc(Cl)c(Cl)c1. The normalized spacial score (nSPS) is 11.2. The molecule has 0 atom stereocenters. The van der Waals surface area contributed by atoms with Crippen molar-refractivity contribution in [3.8, 4) is 11.5 Å². The number of H-pyrrole nitrogens is 1. The van der Waals surface area contributed by atoms with E-state index >= 15 is 0 Å². The number of rotatable bonds is 7. The Morgan fingerprint density at radius 1 is 1.11 bits per heavy atom. The van der Waals surface area contributed by atoms with Crippen LogP contribution in [0.25, 0.3) is 10.9 Å². The molecule has 0 aliphatic carbocycles. The van der Waals surface area contributed by atoms with E-state index in [-0.39, 0.29) is 29.1 Å². The summed E-state index contributed by atoms with van der Waals surface area (Å²) in [6.07, 6.45) is 1.14. The zero-order chi connectivity index (χ0) is 25.1. The number of methoxy groups -OCH3 is 1. The van der Waals surface area contributed by atoms with Crippen LogP contribution in [-0.2, 0) is 6.61 Å². The molecule has 1 aromatic heterocycles. The van der Waals surface area contributed by atoms with Crippen LogP contribution in [0.1, 0.15) is 11.1 Å². The average molecular weight is 515 g/mol. The van der Waals surface area contributed by atoms with Crippen molar-refractivity contribution < 1.29 is 14.4 Å². The number of nitrogens with zero attached hydrogens (tertiary/aromatic N) is 3. The Labute approximate surface area is 207 Å². The summed E-state index contributed by atoms with van der Waals surface area (Å²) in [7, 11) is 1.32. The van der Waals surface area contributed by atoms with Crippen molar-refractivity contribution in [2.24, 2.45) is 5.10 Å². The van der Waals surface area contributed by atoms with Crippen molar-refractivity contribution in [3.05, 3.63) is 107 Å². The van der Waals surface area contributed by atoms with E-state index in [1.807, 2.05) is 0 Å². The lowest BCUT2D eigenvalue weighted by atomic mass is 10.1. The van der Waals surface area contributed by atoms with Gasteiger partial charge in [0.1, 0.15) is 6.61 Å². The minimum Gasteiger partial charge on any atom is -0.493 e. The molecule has 35 heavy (non-hydrogen) atoms. The lowest BCUT2D eigenvalue weighted by Crippen LogP contribution is -2.32. The summed E-state index contributed by atoms with van der Waals surface area (Å²) in [4.78, 5) is 38.6. The topological polar surface area (TPSA) is 129 Å². The van der Waals surface area contributed by atoms with Crippen molar-refractivity contribution in [1.82, 2.24) is 9.66 Å². The van der Waals surface area contributed by atoms with Gasteiger partial charge in [-0.2, -0.15) is 5.10 Å². The molecule has 178 valence electrons. The third-order valence-electron chi connectivity index (χ3n) is 4.95. The van der Waals surface area contributed by atoms with Crippen LogP contribution in [0.2, 0.25) is 10.0 Å². The number of nitrogens with one attached hydrogen (secondary N) is 1. The van der Waals surface area contributed by atoms with Crippen LogP contribution in [0.4, 0.5) is 5.69 Å². The van der Waals surface area contributed by atoms with Crippen LogP contribution in [0.3, 0.4) is 0 Å². The van der Waals surface area contributed by atoms with Gasteiger partial charge in [-0.15, -0.1) is 4.68 Å². The van der Waals surface area contributed by atoms with E-state index in [4.69, 9.17) is 32.7 Å². The maximum absolute atomic E-state index is 12.6. The summed E-state index contributed by atoms with van der Waals surface area (Å²) in [5.41, 5.74) is -0.580. The predicted octanol–water partition coefficient (Wildman–Crippen LogP) is 4.37. The first-order chi connectivity index (χ1) is 16.8. The number of aromatic nitrogens is 2. The first kappa shape index (κ1) is 24.0. The van der Waals surface area contributed by atoms with Gasteiger partial charge in [0.2, 0.25) is 5.75 Å². The summed E-state index contributed by atoms with van der Waals surface area (Å²) in [5.74, 6) is -0.0538. The van der Waals surface area contributed by atoms with Crippen molar-refractivity contribution >= 4 is 46.0 Å². The summed E-state index contributed by atoms with van der Waals surface area (Å²) in [6.45, 7) is -0.0383. The van der Waals surface area contributed by atoms with E-state index in [0.29, 0.717) is 25.8 Å². The zero-order valence-electron chi connectivity index (χ0n) is 18.0. The molecule has 0 saturated carbocycles.